The summed E-state index contributed by atoms with van der Waals surface area (Å²) in [4.78, 5) is 14.1. The summed E-state index contributed by atoms with van der Waals surface area (Å²) in [5.41, 5.74) is 2.78. The molecule has 1 aliphatic rings. The highest BCUT2D eigenvalue weighted by Crippen LogP contribution is 2.38. The number of piperidine rings is 1. The molecule has 0 bridgehead atoms. The molecule has 6 heteroatoms. The van der Waals surface area contributed by atoms with Gasteiger partial charge in [-0.15, -0.1) is 0 Å². The Morgan fingerprint density at radius 2 is 1.74 bits per heavy atom. The van der Waals surface area contributed by atoms with Crippen LogP contribution in [0, 0.1) is 5.82 Å². The highest BCUT2D eigenvalue weighted by Gasteiger charge is 2.35. The normalized spacial score (nSPS) is 17.2. The van der Waals surface area contributed by atoms with Crippen molar-refractivity contribution in [2.45, 2.75) is 44.9 Å². The minimum Gasteiger partial charge on any atom is -0.490 e. The van der Waals surface area contributed by atoms with Crippen LogP contribution in [0.5, 0.6) is 11.5 Å². The Balaban J connectivity index is 1.70. The largest absolute Gasteiger partial charge is 0.490 e. The Labute approximate surface area is 199 Å². The van der Waals surface area contributed by atoms with E-state index in [1.807, 2.05) is 60.4 Å². The average Bonchev–Trinajstić information content (AvgIpc) is 2.86. The molecule has 2 atom stereocenters. The minimum atomic E-state index is -0.834. The Morgan fingerprint density at radius 3 is 2.44 bits per heavy atom. The van der Waals surface area contributed by atoms with Gasteiger partial charge in [-0.05, 0) is 67.3 Å². The summed E-state index contributed by atoms with van der Waals surface area (Å²) in [5, 5.41) is 9.91. The average molecular weight is 464 g/mol. The summed E-state index contributed by atoms with van der Waals surface area (Å²) >= 11 is 0. The number of aliphatic carboxylic acids is 1. The topological polar surface area (TPSA) is 59.0 Å². The van der Waals surface area contributed by atoms with Crippen molar-refractivity contribution in [2.24, 2.45) is 0 Å². The molecule has 2 unspecified atom stereocenters. The lowest BCUT2D eigenvalue weighted by molar-refractivity contribution is -0.145. The van der Waals surface area contributed by atoms with E-state index in [0.717, 1.165) is 29.5 Å². The van der Waals surface area contributed by atoms with Crippen LogP contribution in [0.15, 0.2) is 72.8 Å². The molecule has 0 spiro atoms. The molecule has 0 aromatic heterocycles. The predicted molar refractivity (Wildman–Crippen MR) is 129 cm³/mol. The first-order chi connectivity index (χ1) is 16.6. The van der Waals surface area contributed by atoms with Crippen LogP contribution in [-0.4, -0.2) is 35.2 Å². The maximum atomic E-state index is 13.7. The molecule has 0 aliphatic carbocycles. The number of hydrogen-bond acceptors (Lipinski definition) is 4. The molecular formula is C28H30FNO4. The Morgan fingerprint density at radius 1 is 1.00 bits per heavy atom. The standard InChI is InChI=1S/C28H30FNO4/c1-2-33-26-18-22(13-16-25(26)34-19-20-8-4-3-5-9-20)27(21-11-14-23(29)15-12-21)30-17-7-6-10-24(30)28(31)32/h3-5,8-9,11-16,18,24,27H,2,6-7,10,17,19H2,1H3,(H,31,32). The Hall–Kier alpha value is -3.38. The van der Waals surface area contributed by atoms with Gasteiger partial charge in [0, 0.05) is 0 Å². The van der Waals surface area contributed by atoms with Crippen molar-refractivity contribution in [2.75, 3.05) is 13.2 Å². The number of carbonyl (C=O) groups is 1. The van der Waals surface area contributed by atoms with E-state index in [-0.39, 0.29) is 11.9 Å². The molecule has 1 saturated heterocycles. The fraction of sp³-hybridized carbons (Fsp3) is 0.321. The molecule has 3 aromatic rings. The van der Waals surface area contributed by atoms with Gasteiger partial charge in [-0.1, -0.05) is 55.0 Å². The predicted octanol–water partition coefficient (Wildman–Crippen LogP) is 5.83. The van der Waals surface area contributed by atoms with E-state index in [1.54, 1.807) is 12.1 Å². The van der Waals surface area contributed by atoms with Gasteiger partial charge in [0.25, 0.3) is 0 Å². The first-order valence-corrected chi connectivity index (χ1v) is 11.7. The molecule has 34 heavy (non-hydrogen) atoms. The fourth-order valence-electron chi connectivity index (χ4n) is 4.57. The summed E-state index contributed by atoms with van der Waals surface area (Å²) in [6, 6.07) is 21.0. The minimum absolute atomic E-state index is 0.324. The molecule has 1 aliphatic heterocycles. The van der Waals surface area contributed by atoms with E-state index in [9.17, 15) is 14.3 Å². The lowest BCUT2D eigenvalue weighted by atomic mass is 9.91. The molecule has 5 nitrogen and oxygen atoms in total. The van der Waals surface area contributed by atoms with Gasteiger partial charge in [0.2, 0.25) is 0 Å². The van der Waals surface area contributed by atoms with Crippen LogP contribution in [0.1, 0.15) is 48.9 Å². The van der Waals surface area contributed by atoms with Gasteiger partial charge in [0.15, 0.2) is 11.5 Å². The SMILES string of the molecule is CCOc1cc(C(c2ccc(F)cc2)N2CCCCC2C(=O)O)ccc1OCc1ccccc1. The van der Waals surface area contributed by atoms with E-state index in [0.29, 0.717) is 37.7 Å². The second-order valence-corrected chi connectivity index (χ2v) is 8.46. The van der Waals surface area contributed by atoms with Crippen molar-refractivity contribution in [1.29, 1.82) is 0 Å². The van der Waals surface area contributed by atoms with E-state index < -0.39 is 12.0 Å². The van der Waals surface area contributed by atoms with E-state index >= 15 is 0 Å². The van der Waals surface area contributed by atoms with Crippen molar-refractivity contribution >= 4 is 5.97 Å². The molecular weight excluding hydrogens is 433 g/mol. The highest BCUT2D eigenvalue weighted by molar-refractivity contribution is 5.73. The van der Waals surface area contributed by atoms with Gasteiger partial charge in [-0.3, -0.25) is 9.69 Å². The number of halogens is 1. The van der Waals surface area contributed by atoms with Gasteiger partial charge in [-0.2, -0.15) is 0 Å². The summed E-state index contributed by atoms with van der Waals surface area (Å²) in [6.07, 6.45) is 2.38. The van der Waals surface area contributed by atoms with Crippen LogP contribution in [0.3, 0.4) is 0 Å². The molecule has 3 aromatic carbocycles. The zero-order valence-electron chi connectivity index (χ0n) is 19.3. The quantitative estimate of drug-likeness (QED) is 0.433. The molecule has 1 heterocycles. The number of ether oxygens (including phenoxy) is 2. The second kappa shape index (κ2) is 11.2. The molecule has 4 rings (SSSR count). The lowest BCUT2D eigenvalue weighted by Gasteiger charge is -2.39. The van der Waals surface area contributed by atoms with E-state index in [2.05, 4.69) is 0 Å². The number of carboxylic acids is 1. The second-order valence-electron chi connectivity index (χ2n) is 8.46. The third kappa shape index (κ3) is 5.57. The van der Waals surface area contributed by atoms with Crippen LogP contribution in [0.2, 0.25) is 0 Å². The highest BCUT2D eigenvalue weighted by atomic mass is 19.1. The van der Waals surface area contributed by atoms with Gasteiger partial charge in [0.1, 0.15) is 18.5 Å². The van der Waals surface area contributed by atoms with E-state index in [1.165, 1.54) is 12.1 Å². The maximum Gasteiger partial charge on any atom is 0.320 e. The third-order valence-electron chi connectivity index (χ3n) is 6.17. The summed E-state index contributed by atoms with van der Waals surface area (Å²) < 4.78 is 25.7. The van der Waals surface area contributed by atoms with Gasteiger partial charge >= 0.3 is 5.97 Å². The number of nitrogens with zero attached hydrogens (tertiary/aromatic N) is 1. The van der Waals surface area contributed by atoms with Crippen LogP contribution in [0.25, 0.3) is 0 Å². The lowest BCUT2D eigenvalue weighted by Crippen LogP contribution is -2.46. The summed E-state index contributed by atoms with van der Waals surface area (Å²) in [7, 11) is 0. The van der Waals surface area contributed by atoms with Crippen molar-refractivity contribution in [3.05, 3.63) is 95.3 Å². The van der Waals surface area contributed by atoms with Crippen LogP contribution in [-0.2, 0) is 11.4 Å². The maximum absolute atomic E-state index is 13.7. The number of hydrogen-bond donors (Lipinski definition) is 1. The molecule has 1 fully saturated rings. The van der Waals surface area contributed by atoms with Crippen LogP contribution in [0.4, 0.5) is 4.39 Å². The Bertz CT molecular complexity index is 1090. The van der Waals surface area contributed by atoms with Gasteiger partial charge in [-0.25, -0.2) is 4.39 Å². The zero-order chi connectivity index (χ0) is 23.9. The van der Waals surface area contributed by atoms with Crippen molar-refractivity contribution < 1.29 is 23.8 Å². The summed E-state index contributed by atoms with van der Waals surface area (Å²) in [5.74, 6) is 0.0721. The molecule has 178 valence electrons. The van der Waals surface area contributed by atoms with E-state index in [4.69, 9.17) is 9.47 Å². The van der Waals surface area contributed by atoms with Crippen molar-refractivity contribution in [3.63, 3.8) is 0 Å². The van der Waals surface area contributed by atoms with Crippen LogP contribution < -0.4 is 9.47 Å². The number of rotatable bonds is 9. The first-order valence-electron chi connectivity index (χ1n) is 11.7. The van der Waals surface area contributed by atoms with Crippen LogP contribution >= 0.6 is 0 Å². The molecule has 1 N–H and O–H groups in total. The smallest absolute Gasteiger partial charge is 0.320 e. The monoisotopic (exact) mass is 463 g/mol. The Kier molecular flexibility index (Phi) is 7.80. The molecule has 0 saturated carbocycles. The molecule has 0 radical (unpaired) electrons. The zero-order valence-corrected chi connectivity index (χ0v) is 19.3. The third-order valence-corrected chi connectivity index (χ3v) is 6.17. The van der Waals surface area contributed by atoms with Gasteiger partial charge in [0.05, 0.1) is 12.6 Å². The first kappa shape index (κ1) is 23.8. The number of benzene rings is 3. The van der Waals surface area contributed by atoms with Gasteiger partial charge < -0.3 is 14.6 Å². The number of likely N-dealkylation sites (tertiary alicyclic amines) is 1. The van der Waals surface area contributed by atoms with Crippen molar-refractivity contribution in [1.82, 2.24) is 4.90 Å². The fourth-order valence-corrected chi connectivity index (χ4v) is 4.57. The summed E-state index contributed by atoms with van der Waals surface area (Å²) in [6.45, 7) is 3.44. The number of carboxylic acid groups (broad SMARTS) is 1. The molecule has 0 amide bonds. The van der Waals surface area contributed by atoms with Crippen molar-refractivity contribution in [3.8, 4) is 11.5 Å².